The van der Waals surface area contributed by atoms with Gasteiger partial charge in [0.1, 0.15) is 0 Å². The Labute approximate surface area is 173 Å². The molecular formula is C24H32N4O. The minimum atomic E-state index is -0.0286. The van der Waals surface area contributed by atoms with Crippen molar-refractivity contribution < 1.29 is 4.79 Å². The normalized spacial score (nSPS) is 17.3. The zero-order valence-corrected chi connectivity index (χ0v) is 17.6. The number of amides is 1. The summed E-state index contributed by atoms with van der Waals surface area (Å²) in [5.74, 6) is 1.32. The van der Waals surface area contributed by atoms with Gasteiger partial charge in [-0.25, -0.2) is 9.97 Å². The molecule has 29 heavy (non-hydrogen) atoms. The lowest BCUT2D eigenvalue weighted by Gasteiger charge is -2.25. The number of rotatable bonds is 5. The fourth-order valence-corrected chi connectivity index (χ4v) is 4.53. The number of hydrogen-bond acceptors (Lipinski definition) is 4. The van der Waals surface area contributed by atoms with Crippen molar-refractivity contribution in [2.24, 2.45) is 11.8 Å². The summed E-state index contributed by atoms with van der Waals surface area (Å²) in [7, 11) is 0. The number of anilines is 2. The first kappa shape index (κ1) is 19.9. The molecule has 1 heterocycles. The summed E-state index contributed by atoms with van der Waals surface area (Å²) in [4.78, 5) is 22.6. The predicted molar refractivity (Wildman–Crippen MR) is 118 cm³/mol. The lowest BCUT2D eigenvalue weighted by Crippen LogP contribution is -2.24. The molecule has 0 bridgehead atoms. The van der Waals surface area contributed by atoms with Gasteiger partial charge < -0.3 is 11.1 Å². The van der Waals surface area contributed by atoms with Crippen molar-refractivity contribution in [3.05, 3.63) is 35.2 Å². The number of aryl methyl sites for hydroxylation is 2. The van der Waals surface area contributed by atoms with Crippen molar-refractivity contribution in [1.29, 1.82) is 0 Å². The number of nitrogen functional groups attached to an aromatic ring is 1. The van der Waals surface area contributed by atoms with Crippen LogP contribution in [0, 0.1) is 11.8 Å². The molecule has 1 fully saturated rings. The number of carbonyl (C=O) groups excluding carboxylic acids is 1. The maximum atomic E-state index is 12.6. The topological polar surface area (TPSA) is 80.9 Å². The van der Waals surface area contributed by atoms with Crippen LogP contribution in [0.3, 0.4) is 0 Å². The molecule has 0 spiro atoms. The van der Waals surface area contributed by atoms with E-state index < -0.39 is 0 Å². The van der Waals surface area contributed by atoms with Crippen LogP contribution in [0.2, 0.25) is 0 Å². The molecular weight excluding hydrogens is 360 g/mol. The average molecular weight is 393 g/mol. The van der Waals surface area contributed by atoms with Crippen LogP contribution in [0.4, 0.5) is 11.5 Å². The molecule has 5 heteroatoms. The third-order valence-corrected chi connectivity index (χ3v) is 6.56. The largest absolute Gasteiger partial charge is 0.399 e. The number of fused-ring (bicyclic) bond motifs is 3. The van der Waals surface area contributed by atoms with Gasteiger partial charge in [0.2, 0.25) is 5.91 Å². The zero-order chi connectivity index (χ0) is 20.4. The molecule has 1 amide bonds. The Hall–Kier alpha value is -2.43. The molecule has 0 radical (unpaired) electrons. The first-order valence-electron chi connectivity index (χ1n) is 11.1. The van der Waals surface area contributed by atoms with Gasteiger partial charge in [-0.1, -0.05) is 52.0 Å². The molecule has 1 atom stereocenters. The number of aromatic nitrogens is 2. The van der Waals surface area contributed by atoms with E-state index in [9.17, 15) is 4.79 Å². The molecule has 1 aromatic heterocycles. The molecule has 5 nitrogen and oxygen atoms in total. The Balaban J connectivity index is 1.72. The second-order valence-electron chi connectivity index (χ2n) is 8.74. The number of nitrogens with zero attached hydrogens (tertiary/aromatic N) is 2. The number of hydrogen-bond donors (Lipinski definition) is 2. The van der Waals surface area contributed by atoms with Crippen LogP contribution in [-0.2, 0) is 24.1 Å². The standard InChI is InChI=1S/C24H32N4O/c1-3-15(2)24(29)28-23-21(13-16-7-5-4-6-8-16)26-22-19-11-10-18(25)14-17(19)9-12-20(22)27-23/h10-11,14-16H,3-9,12-13,25H2,1-2H3,(H,27,28,29). The highest BCUT2D eigenvalue weighted by Gasteiger charge is 2.25. The predicted octanol–water partition coefficient (Wildman–Crippen LogP) is 4.93. The first-order valence-corrected chi connectivity index (χ1v) is 11.1. The number of nitrogens with one attached hydrogen (secondary N) is 1. The van der Waals surface area contributed by atoms with Gasteiger partial charge in [-0.15, -0.1) is 0 Å². The maximum Gasteiger partial charge on any atom is 0.228 e. The molecule has 2 aliphatic rings. The van der Waals surface area contributed by atoms with Gasteiger partial charge in [0, 0.05) is 17.2 Å². The van der Waals surface area contributed by atoms with Crippen molar-refractivity contribution in [3.8, 4) is 11.3 Å². The number of carbonyl (C=O) groups is 1. The molecule has 0 saturated heterocycles. The summed E-state index contributed by atoms with van der Waals surface area (Å²) in [5.41, 5.74) is 12.1. The van der Waals surface area contributed by atoms with Crippen LogP contribution in [0.25, 0.3) is 11.3 Å². The third kappa shape index (κ3) is 4.29. The van der Waals surface area contributed by atoms with E-state index in [1.54, 1.807) is 0 Å². The molecule has 1 saturated carbocycles. The molecule has 1 aromatic carbocycles. The van der Waals surface area contributed by atoms with E-state index in [0.717, 1.165) is 54.0 Å². The van der Waals surface area contributed by atoms with Crippen LogP contribution < -0.4 is 11.1 Å². The molecule has 2 aromatic rings. The third-order valence-electron chi connectivity index (χ3n) is 6.56. The summed E-state index contributed by atoms with van der Waals surface area (Å²) in [6.07, 6.45) is 9.84. The Morgan fingerprint density at radius 2 is 2.00 bits per heavy atom. The Bertz CT molecular complexity index is 902. The first-order chi connectivity index (χ1) is 14.0. The maximum absolute atomic E-state index is 12.6. The van der Waals surface area contributed by atoms with E-state index in [1.165, 1.54) is 37.7 Å². The zero-order valence-electron chi connectivity index (χ0n) is 17.6. The van der Waals surface area contributed by atoms with Gasteiger partial charge in [-0.05, 0) is 49.3 Å². The quantitative estimate of drug-likeness (QED) is 0.707. The van der Waals surface area contributed by atoms with Gasteiger partial charge in [-0.3, -0.25) is 4.79 Å². The van der Waals surface area contributed by atoms with Crippen LogP contribution in [-0.4, -0.2) is 15.9 Å². The summed E-state index contributed by atoms with van der Waals surface area (Å²) in [6.45, 7) is 4.00. The molecule has 0 aliphatic heterocycles. The highest BCUT2D eigenvalue weighted by atomic mass is 16.1. The van der Waals surface area contributed by atoms with Gasteiger partial charge in [-0.2, -0.15) is 0 Å². The van der Waals surface area contributed by atoms with Crippen molar-refractivity contribution >= 4 is 17.4 Å². The van der Waals surface area contributed by atoms with Gasteiger partial charge in [0.15, 0.2) is 5.82 Å². The minimum absolute atomic E-state index is 0.0286. The average Bonchev–Trinajstić information content (AvgIpc) is 2.74. The van der Waals surface area contributed by atoms with E-state index in [0.29, 0.717) is 11.7 Å². The lowest BCUT2D eigenvalue weighted by atomic mass is 9.85. The summed E-state index contributed by atoms with van der Waals surface area (Å²) < 4.78 is 0. The highest BCUT2D eigenvalue weighted by Crippen LogP contribution is 2.35. The van der Waals surface area contributed by atoms with E-state index in [4.69, 9.17) is 15.7 Å². The van der Waals surface area contributed by atoms with Crippen LogP contribution in [0.1, 0.15) is 69.3 Å². The van der Waals surface area contributed by atoms with Crippen LogP contribution >= 0.6 is 0 Å². The second kappa shape index (κ2) is 8.52. The molecule has 1 unspecified atom stereocenters. The summed E-state index contributed by atoms with van der Waals surface area (Å²) >= 11 is 0. The van der Waals surface area contributed by atoms with Crippen LogP contribution in [0.5, 0.6) is 0 Å². The number of benzene rings is 1. The fraction of sp³-hybridized carbons (Fsp3) is 0.542. The van der Waals surface area contributed by atoms with Crippen molar-refractivity contribution in [2.45, 2.75) is 71.6 Å². The molecule has 4 rings (SSSR count). The smallest absolute Gasteiger partial charge is 0.228 e. The summed E-state index contributed by atoms with van der Waals surface area (Å²) in [5, 5.41) is 3.10. The van der Waals surface area contributed by atoms with Gasteiger partial charge in [0.25, 0.3) is 0 Å². The Morgan fingerprint density at radius 1 is 1.21 bits per heavy atom. The van der Waals surface area contributed by atoms with Crippen molar-refractivity contribution in [1.82, 2.24) is 9.97 Å². The van der Waals surface area contributed by atoms with Crippen molar-refractivity contribution in [3.63, 3.8) is 0 Å². The van der Waals surface area contributed by atoms with Gasteiger partial charge in [0.05, 0.1) is 17.1 Å². The monoisotopic (exact) mass is 392 g/mol. The minimum Gasteiger partial charge on any atom is -0.399 e. The van der Waals surface area contributed by atoms with E-state index in [1.807, 2.05) is 19.9 Å². The van der Waals surface area contributed by atoms with E-state index in [-0.39, 0.29) is 11.8 Å². The fourth-order valence-electron chi connectivity index (χ4n) is 4.53. The molecule has 3 N–H and O–H groups in total. The summed E-state index contributed by atoms with van der Waals surface area (Å²) in [6, 6.07) is 6.06. The second-order valence-corrected chi connectivity index (χ2v) is 8.74. The van der Waals surface area contributed by atoms with E-state index in [2.05, 4.69) is 17.4 Å². The number of nitrogens with two attached hydrogens (primary N) is 1. The Kier molecular flexibility index (Phi) is 5.84. The van der Waals surface area contributed by atoms with Crippen LogP contribution in [0.15, 0.2) is 18.2 Å². The molecule has 2 aliphatic carbocycles. The Morgan fingerprint density at radius 3 is 2.76 bits per heavy atom. The SMILES string of the molecule is CCC(C)C(=O)Nc1nc2c(nc1CC1CCCCC1)-c1ccc(N)cc1CC2. The molecule has 154 valence electrons. The lowest BCUT2D eigenvalue weighted by molar-refractivity contribution is -0.119. The van der Waals surface area contributed by atoms with E-state index >= 15 is 0 Å². The van der Waals surface area contributed by atoms with Gasteiger partial charge >= 0.3 is 0 Å². The highest BCUT2D eigenvalue weighted by molar-refractivity contribution is 5.92. The van der Waals surface area contributed by atoms with Crippen molar-refractivity contribution in [2.75, 3.05) is 11.1 Å².